The van der Waals surface area contributed by atoms with Gasteiger partial charge >= 0.3 is 0 Å². The van der Waals surface area contributed by atoms with Gasteiger partial charge in [0.05, 0.1) is 0 Å². The number of hydrogen-bond acceptors (Lipinski definition) is 3. The molecule has 0 aromatic heterocycles. The van der Waals surface area contributed by atoms with Crippen molar-refractivity contribution in [1.29, 1.82) is 0 Å². The second kappa shape index (κ2) is 8.05. The predicted molar refractivity (Wildman–Crippen MR) is 77.8 cm³/mol. The molecular formula is C14H27NO2S. The minimum atomic E-state index is 0.159. The highest BCUT2D eigenvalue weighted by Gasteiger charge is 2.36. The summed E-state index contributed by atoms with van der Waals surface area (Å²) in [5, 5.41) is 11.7. The van der Waals surface area contributed by atoms with Crippen LogP contribution in [0.3, 0.4) is 0 Å². The highest BCUT2D eigenvalue weighted by atomic mass is 32.2. The summed E-state index contributed by atoms with van der Waals surface area (Å²) in [5.74, 6) is 2.34. The third-order valence-corrected chi connectivity index (χ3v) is 4.89. The Labute approximate surface area is 115 Å². The zero-order valence-corrected chi connectivity index (χ0v) is 12.5. The van der Waals surface area contributed by atoms with Gasteiger partial charge in [-0.1, -0.05) is 26.7 Å². The Balaban J connectivity index is 2.19. The summed E-state index contributed by atoms with van der Waals surface area (Å²) in [6, 6.07) is 0. The summed E-state index contributed by atoms with van der Waals surface area (Å²) in [6.07, 6.45) is 5.49. The van der Waals surface area contributed by atoms with Gasteiger partial charge in [-0.15, -0.1) is 0 Å². The van der Waals surface area contributed by atoms with Crippen LogP contribution in [-0.4, -0.2) is 35.7 Å². The van der Waals surface area contributed by atoms with Crippen molar-refractivity contribution in [2.24, 2.45) is 11.3 Å². The van der Waals surface area contributed by atoms with E-state index in [-0.39, 0.29) is 23.8 Å². The standard InChI is InChI=1S/C14H27NO2S/c1-14(2)7-4-3-6-12(14)13(17)15-8-11-18-10-5-9-16/h12,16H,3-11H2,1-2H3,(H,15,17). The monoisotopic (exact) mass is 273 g/mol. The van der Waals surface area contributed by atoms with Gasteiger partial charge in [0.25, 0.3) is 0 Å². The van der Waals surface area contributed by atoms with Crippen molar-refractivity contribution in [3.63, 3.8) is 0 Å². The minimum absolute atomic E-state index is 0.159. The highest BCUT2D eigenvalue weighted by molar-refractivity contribution is 7.99. The fraction of sp³-hybridized carbons (Fsp3) is 0.929. The minimum Gasteiger partial charge on any atom is -0.396 e. The molecule has 1 unspecified atom stereocenters. The quantitative estimate of drug-likeness (QED) is 0.700. The number of aliphatic hydroxyl groups is 1. The lowest BCUT2D eigenvalue weighted by molar-refractivity contribution is -0.130. The van der Waals surface area contributed by atoms with Gasteiger partial charge < -0.3 is 10.4 Å². The van der Waals surface area contributed by atoms with Gasteiger partial charge in [0.2, 0.25) is 5.91 Å². The van der Waals surface area contributed by atoms with Crippen LogP contribution >= 0.6 is 11.8 Å². The average molecular weight is 273 g/mol. The lowest BCUT2D eigenvalue weighted by Crippen LogP contribution is -2.41. The Kier molecular flexibility index (Phi) is 7.08. The molecule has 1 saturated carbocycles. The molecule has 0 aliphatic heterocycles. The summed E-state index contributed by atoms with van der Waals surface area (Å²) in [7, 11) is 0. The molecule has 0 heterocycles. The van der Waals surface area contributed by atoms with Crippen LogP contribution in [0.2, 0.25) is 0 Å². The normalized spacial score (nSPS) is 22.7. The Morgan fingerprint density at radius 3 is 2.83 bits per heavy atom. The van der Waals surface area contributed by atoms with Crippen molar-refractivity contribution in [1.82, 2.24) is 5.32 Å². The van der Waals surface area contributed by atoms with E-state index < -0.39 is 0 Å². The highest BCUT2D eigenvalue weighted by Crippen LogP contribution is 2.40. The van der Waals surface area contributed by atoms with E-state index >= 15 is 0 Å². The van der Waals surface area contributed by atoms with E-state index in [1.54, 1.807) is 11.8 Å². The summed E-state index contributed by atoms with van der Waals surface area (Å²) < 4.78 is 0. The van der Waals surface area contributed by atoms with E-state index in [0.717, 1.165) is 37.3 Å². The van der Waals surface area contributed by atoms with Crippen LogP contribution in [0.5, 0.6) is 0 Å². The number of aliphatic hydroxyl groups excluding tert-OH is 1. The Bertz CT molecular complexity index is 256. The van der Waals surface area contributed by atoms with Crippen LogP contribution < -0.4 is 5.32 Å². The van der Waals surface area contributed by atoms with Gasteiger partial charge in [0.15, 0.2) is 0 Å². The first-order chi connectivity index (χ1) is 8.58. The lowest BCUT2D eigenvalue weighted by Gasteiger charge is -2.37. The van der Waals surface area contributed by atoms with E-state index in [2.05, 4.69) is 19.2 Å². The van der Waals surface area contributed by atoms with Crippen LogP contribution in [0.4, 0.5) is 0 Å². The maximum Gasteiger partial charge on any atom is 0.223 e. The molecule has 1 aliphatic rings. The Morgan fingerprint density at radius 1 is 1.39 bits per heavy atom. The van der Waals surface area contributed by atoms with Gasteiger partial charge in [-0.05, 0) is 30.4 Å². The van der Waals surface area contributed by atoms with Crippen LogP contribution in [-0.2, 0) is 4.79 Å². The number of nitrogens with one attached hydrogen (secondary N) is 1. The molecule has 3 nitrogen and oxygen atoms in total. The first-order valence-corrected chi connectivity index (χ1v) is 8.20. The van der Waals surface area contributed by atoms with Crippen molar-refractivity contribution in [3.05, 3.63) is 0 Å². The van der Waals surface area contributed by atoms with Crippen LogP contribution in [0.15, 0.2) is 0 Å². The number of carbonyl (C=O) groups is 1. The van der Waals surface area contributed by atoms with Crippen LogP contribution in [0.1, 0.15) is 46.0 Å². The summed E-state index contributed by atoms with van der Waals surface area (Å²) in [6.45, 7) is 5.44. The summed E-state index contributed by atoms with van der Waals surface area (Å²) >= 11 is 1.79. The first-order valence-electron chi connectivity index (χ1n) is 7.04. The molecule has 2 N–H and O–H groups in total. The number of rotatable bonds is 7. The van der Waals surface area contributed by atoms with Gasteiger partial charge in [0.1, 0.15) is 0 Å². The zero-order chi connectivity index (χ0) is 13.4. The molecule has 106 valence electrons. The Hall–Kier alpha value is -0.220. The predicted octanol–water partition coefficient (Wildman–Crippen LogP) is 2.43. The number of hydrogen-bond donors (Lipinski definition) is 2. The maximum absolute atomic E-state index is 12.1. The van der Waals surface area contributed by atoms with E-state index in [1.807, 2.05) is 0 Å². The summed E-state index contributed by atoms with van der Waals surface area (Å²) in [4.78, 5) is 12.1. The van der Waals surface area contributed by atoms with Gasteiger partial charge in [-0.2, -0.15) is 11.8 Å². The van der Waals surface area contributed by atoms with E-state index in [0.29, 0.717) is 0 Å². The van der Waals surface area contributed by atoms with Crippen molar-refractivity contribution >= 4 is 17.7 Å². The molecule has 0 saturated heterocycles. The van der Waals surface area contributed by atoms with E-state index in [9.17, 15) is 4.79 Å². The van der Waals surface area contributed by atoms with Crippen molar-refractivity contribution in [2.45, 2.75) is 46.0 Å². The van der Waals surface area contributed by atoms with Crippen LogP contribution in [0.25, 0.3) is 0 Å². The second-order valence-corrected chi connectivity index (χ2v) is 6.99. The molecule has 4 heteroatoms. The van der Waals surface area contributed by atoms with Crippen LogP contribution in [0, 0.1) is 11.3 Å². The molecule has 1 amide bonds. The maximum atomic E-state index is 12.1. The molecule has 1 aliphatic carbocycles. The molecule has 0 aromatic carbocycles. The summed E-state index contributed by atoms with van der Waals surface area (Å²) in [5.41, 5.74) is 0.159. The van der Waals surface area contributed by atoms with Crippen molar-refractivity contribution in [2.75, 3.05) is 24.7 Å². The van der Waals surface area contributed by atoms with Crippen molar-refractivity contribution < 1.29 is 9.90 Å². The Morgan fingerprint density at radius 2 is 2.17 bits per heavy atom. The number of amides is 1. The zero-order valence-electron chi connectivity index (χ0n) is 11.7. The molecule has 18 heavy (non-hydrogen) atoms. The molecule has 1 fully saturated rings. The third-order valence-electron chi connectivity index (χ3n) is 3.82. The second-order valence-electron chi connectivity index (χ2n) is 5.77. The number of carbonyl (C=O) groups excluding carboxylic acids is 1. The van der Waals surface area contributed by atoms with E-state index in [1.165, 1.54) is 12.8 Å². The lowest BCUT2D eigenvalue weighted by atomic mass is 9.68. The fourth-order valence-electron chi connectivity index (χ4n) is 2.62. The average Bonchev–Trinajstić information content (AvgIpc) is 2.32. The molecule has 0 aromatic rings. The van der Waals surface area contributed by atoms with Crippen molar-refractivity contribution in [3.8, 4) is 0 Å². The van der Waals surface area contributed by atoms with Gasteiger partial charge in [-0.3, -0.25) is 4.79 Å². The SMILES string of the molecule is CC1(C)CCCCC1C(=O)NCCSCCCO. The molecular weight excluding hydrogens is 246 g/mol. The smallest absolute Gasteiger partial charge is 0.223 e. The molecule has 0 radical (unpaired) electrons. The molecule has 0 spiro atoms. The molecule has 1 atom stereocenters. The number of thioether (sulfide) groups is 1. The topological polar surface area (TPSA) is 49.3 Å². The molecule has 1 rings (SSSR count). The first kappa shape index (κ1) is 15.8. The van der Waals surface area contributed by atoms with Gasteiger partial charge in [-0.25, -0.2) is 0 Å². The fourth-order valence-corrected chi connectivity index (χ4v) is 3.40. The van der Waals surface area contributed by atoms with E-state index in [4.69, 9.17) is 5.11 Å². The third kappa shape index (κ3) is 5.19. The largest absolute Gasteiger partial charge is 0.396 e. The molecule has 0 bridgehead atoms. The van der Waals surface area contributed by atoms with Gasteiger partial charge in [0, 0.05) is 24.8 Å².